The Balaban J connectivity index is 0.00000320. The fourth-order valence-electron chi connectivity index (χ4n) is 3.01. The molecular formula is C22H30IN5O2. The summed E-state index contributed by atoms with van der Waals surface area (Å²) in [6, 6.07) is 13.9. The first kappa shape index (κ1) is 23.9. The van der Waals surface area contributed by atoms with Gasteiger partial charge in [0.2, 0.25) is 0 Å². The molecule has 2 aromatic heterocycles. The van der Waals surface area contributed by atoms with Crippen LogP contribution in [0.3, 0.4) is 0 Å². The molecule has 8 heteroatoms. The molecule has 1 atom stereocenters. The number of nitrogens with one attached hydrogen (secondary N) is 2. The van der Waals surface area contributed by atoms with Crippen molar-refractivity contribution in [1.82, 2.24) is 20.2 Å². The van der Waals surface area contributed by atoms with E-state index in [1.165, 1.54) is 5.56 Å². The van der Waals surface area contributed by atoms with E-state index in [0.717, 1.165) is 25.3 Å². The van der Waals surface area contributed by atoms with Crippen molar-refractivity contribution in [3.05, 3.63) is 78.3 Å². The second kappa shape index (κ2) is 11.8. The van der Waals surface area contributed by atoms with Crippen LogP contribution >= 0.6 is 24.0 Å². The molecule has 2 heterocycles. The lowest BCUT2D eigenvalue weighted by Crippen LogP contribution is -2.44. The van der Waals surface area contributed by atoms with Crippen molar-refractivity contribution >= 4 is 29.9 Å². The fourth-order valence-corrected chi connectivity index (χ4v) is 3.01. The van der Waals surface area contributed by atoms with Crippen molar-refractivity contribution < 1.29 is 9.52 Å². The third kappa shape index (κ3) is 6.88. The van der Waals surface area contributed by atoms with E-state index in [1.807, 2.05) is 19.2 Å². The van der Waals surface area contributed by atoms with Crippen LogP contribution in [0.5, 0.6) is 0 Å². The maximum absolute atomic E-state index is 10.6. The molecular weight excluding hydrogens is 493 g/mol. The second-order valence-electron chi connectivity index (χ2n) is 7.07. The van der Waals surface area contributed by atoms with E-state index in [1.54, 1.807) is 31.5 Å². The second-order valence-corrected chi connectivity index (χ2v) is 7.07. The molecule has 0 spiro atoms. The van der Waals surface area contributed by atoms with Gasteiger partial charge in [-0.25, -0.2) is 9.98 Å². The van der Waals surface area contributed by atoms with E-state index >= 15 is 0 Å². The zero-order valence-corrected chi connectivity index (χ0v) is 19.7. The molecule has 7 nitrogen and oxygen atoms in total. The molecule has 0 aliphatic carbocycles. The summed E-state index contributed by atoms with van der Waals surface area (Å²) < 4.78 is 7.45. The van der Waals surface area contributed by atoms with Crippen molar-refractivity contribution in [3.8, 4) is 0 Å². The summed E-state index contributed by atoms with van der Waals surface area (Å²) in [5.41, 5.74) is 0.166. The standard InChI is InChI=1S/C22H29N5O2.HI/c1-3-23-21(26-17-22(2,28)19-10-7-15-29-19)25-16-20-24-12-14-27(20)13-11-18-8-5-4-6-9-18;/h4-10,12,14-15,28H,3,11,13,16-17H2,1-2H3,(H2,23,25,26);1H. The van der Waals surface area contributed by atoms with Gasteiger partial charge in [0.25, 0.3) is 0 Å². The Morgan fingerprint density at radius 2 is 2.00 bits per heavy atom. The number of benzene rings is 1. The minimum atomic E-state index is -1.13. The predicted octanol–water partition coefficient (Wildman–Crippen LogP) is 3.30. The van der Waals surface area contributed by atoms with Gasteiger partial charge < -0.3 is 24.7 Å². The molecule has 1 unspecified atom stereocenters. The molecule has 30 heavy (non-hydrogen) atoms. The van der Waals surface area contributed by atoms with E-state index < -0.39 is 5.60 Å². The Hall–Kier alpha value is -2.33. The van der Waals surface area contributed by atoms with Gasteiger partial charge in [-0.3, -0.25) is 0 Å². The van der Waals surface area contributed by atoms with Gasteiger partial charge in [0.1, 0.15) is 23.7 Å². The summed E-state index contributed by atoms with van der Waals surface area (Å²) in [4.78, 5) is 9.07. The van der Waals surface area contributed by atoms with Crippen molar-refractivity contribution in [2.45, 2.75) is 39.0 Å². The van der Waals surface area contributed by atoms with Crippen LogP contribution in [-0.2, 0) is 25.1 Å². The quantitative estimate of drug-likeness (QED) is 0.228. The molecule has 162 valence electrons. The molecule has 3 rings (SSSR count). The number of nitrogens with zero attached hydrogens (tertiary/aromatic N) is 3. The van der Waals surface area contributed by atoms with Gasteiger partial charge in [0.05, 0.1) is 12.8 Å². The number of hydrogen-bond donors (Lipinski definition) is 3. The number of furan rings is 1. The lowest BCUT2D eigenvalue weighted by atomic mass is 10.0. The lowest BCUT2D eigenvalue weighted by Gasteiger charge is -2.22. The first-order chi connectivity index (χ1) is 14.1. The van der Waals surface area contributed by atoms with Crippen LogP contribution in [0.15, 0.2) is 70.5 Å². The Morgan fingerprint density at radius 1 is 1.20 bits per heavy atom. The molecule has 0 aliphatic rings. The molecule has 0 bridgehead atoms. The summed E-state index contributed by atoms with van der Waals surface area (Å²) in [5.74, 6) is 2.03. The van der Waals surface area contributed by atoms with Gasteiger partial charge in [0, 0.05) is 25.5 Å². The highest BCUT2D eigenvalue weighted by Gasteiger charge is 2.26. The highest BCUT2D eigenvalue weighted by molar-refractivity contribution is 14.0. The summed E-state index contributed by atoms with van der Waals surface area (Å²) >= 11 is 0. The highest BCUT2D eigenvalue weighted by atomic mass is 127. The molecule has 0 aliphatic heterocycles. The number of imidazole rings is 1. The zero-order chi connectivity index (χ0) is 20.5. The van der Waals surface area contributed by atoms with Crippen LogP contribution < -0.4 is 10.6 Å². The number of aromatic nitrogens is 2. The average Bonchev–Trinajstić information content (AvgIpc) is 3.42. The first-order valence-electron chi connectivity index (χ1n) is 9.91. The molecule has 0 saturated heterocycles. The van der Waals surface area contributed by atoms with Crippen LogP contribution in [0.1, 0.15) is 31.0 Å². The van der Waals surface area contributed by atoms with Crippen LogP contribution in [0.25, 0.3) is 0 Å². The smallest absolute Gasteiger partial charge is 0.191 e. The van der Waals surface area contributed by atoms with Gasteiger partial charge in [-0.15, -0.1) is 24.0 Å². The topological polar surface area (TPSA) is 87.6 Å². The van der Waals surface area contributed by atoms with Crippen LogP contribution in [0.2, 0.25) is 0 Å². The normalized spacial score (nSPS) is 13.4. The predicted molar refractivity (Wildman–Crippen MR) is 129 cm³/mol. The van der Waals surface area contributed by atoms with Gasteiger partial charge in [-0.05, 0) is 38.0 Å². The molecule has 1 aromatic carbocycles. The van der Waals surface area contributed by atoms with E-state index in [9.17, 15) is 5.11 Å². The number of hydrogen-bond acceptors (Lipinski definition) is 4. The zero-order valence-electron chi connectivity index (χ0n) is 17.4. The Morgan fingerprint density at radius 3 is 2.70 bits per heavy atom. The van der Waals surface area contributed by atoms with Crippen molar-refractivity contribution in [2.24, 2.45) is 4.99 Å². The molecule has 3 N–H and O–H groups in total. The van der Waals surface area contributed by atoms with Gasteiger partial charge in [0.15, 0.2) is 5.96 Å². The molecule has 0 amide bonds. The van der Waals surface area contributed by atoms with Crippen LogP contribution in [0, 0.1) is 0 Å². The monoisotopic (exact) mass is 523 g/mol. The number of halogens is 1. The number of aliphatic imine (C=N–C) groups is 1. The minimum Gasteiger partial charge on any atom is -0.466 e. The van der Waals surface area contributed by atoms with E-state index in [-0.39, 0.29) is 30.5 Å². The molecule has 0 radical (unpaired) electrons. The maximum atomic E-state index is 10.6. The lowest BCUT2D eigenvalue weighted by molar-refractivity contribution is 0.0386. The number of guanidine groups is 1. The summed E-state index contributed by atoms with van der Waals surface area (Å²) in [7, 11) is 0. The van der Waals surface area contributed by atoms with Gasteiger partial charge in [-0.2, -0.15) is 0 Å². The number of rotatable bonds is 9. The van der Waals surface area contributed by atoms with Crippen molar-refractivity contribution in [1.29, 1.82) is 0 Å². The number of aliphatic hydroxyl groups is 1. The molecule has 0 fully saturated rings. The third-order valence-corrected chi connectivity index (χ3v) is 4.66. The van der Waals surface area contributed by atoms with E-state index in [0.29, 0.717) is 18.3 Å². The van der Waals surface area contributed by atoms with Crippen molar-refractivity contribution in [3.63, 3.8) is 0 Å². The van der Waals surface area contributed by atoms with Crippen LogP contribution in [-0.4, -0.2) is 33.7 Å². The Bertz CT molecular complexity index is 891. The van der Waals surface area contributed by atoms with Crippen LogP contribution in [0.4, 0.5) is 0 Å². The molecule has 0 saturated carbocycles. The van der Waals surface area contributed by atoms with E-state index in [4.69, 9.17) is 4.42 Å². The summed E-state index contributed by atoms with van der Waals surface area (Å²) in [5, 5.41) is 17.0. The van der Waals surface area contributed by atoms with Gasteiger partial charge in [-0.1, -0.05) is 30.3 Å². The Labute approximate surface area is 194 Å². The van der Waals surface area contributed by atoms with E-state index in [2.05, 4.69) is 49.4 Å². The fraction of sp³-hybridized carbons (Fsp3) is 0.364. The summed E-state index contributed by atoms with van der Waals surface area (Å²) in [6.07, 6.45) is 6.28. The third-order valence-electron chi connectivity index (χ3n) is 4.66. The summed E-state index contributed by atoms with van der Waals surface area (Å²) in [6.45, 7) is 6.00. The molecule has 3 aromatic rings. The highest BCUT2D eigenvalue weighted by Crippen LogP contribution is 2.19. The first-order valence-corrected chi connectivity index (χ1v) is 9.91. The minimum absolute atomic E-state index is 0. The average molecular weight is 523 g/mol. The maximum Gasteiger partial charge on any atom is 0.191 e. The Kier molecular flexibility index (Phi) is 9.38. The van der Waals surface area contributed by atoms with Gasteiger partial charge >= 0.3 is 0 Å². The van der Waals surface area contributed by atoms with Crippen molar-refractivity contribution in [2.75, 3.05) is 13.1 Å². The number of aryl methyl sites for hydroxylation is 2. The largest absolute Gasteiger partial charge is 0.466 e. The SMILES string of the molecule is CCNC(=NCc1nccn1CCc1ccccc1)NCC(C)(O)c1ccco1.I.